The van der Waals surface area contributed by atoms with Gasteiger partial charge in [-0.2, -0.15) is 11.3 Å². The normalized spacial score (nSPS) is 10.5. The van der Waals surface area contributed by atoms with E-state index >= 15 is 0 Å². The minimum Gasteiger partial charge on any atom is -0.356 e. The minimum atomic E-state index is -0.117. The molecular formula is C14H22N2O2S. The monoisotopic (exact) mass is 282 g/mol. The highest BCUT2D eigenvalue weighted by molar-refractivity contribution is 7.08. The Morgan fingerprint density at radius 1 is 1.26 bits per heavy atom. The van der Waals surface area contributed by atoms with E-state index in [-0.39, 0.29) is 11.8 Å². The van der Waals surface area contributed by atoms with Gasteiger partial charge in [-0.3, -0.25) is 9.59 Å². The Labute approximate surface area is 118 Å². The number of carbonyl (C=O) groups is 2. The van der Waals surface area contributed by atoms with Crippen molar-refractivity contribution in [3.63, 3.8) is 0 Å². The first-order valence-corrected chi connectivity index (χ1v) is 7.68. The summed E-state index contributed by atoms with van der Waals surface area (Å²) in [5, 5.41) is 9.30. The van der Waals surface area contributed by atoms with Gasteiger partial charge in [0.05, 0.1) is 0 Å². The Bertz CT molecular complexity index is 386. The third-order valence-corrected chi connectivity index (χ3v) is 3.85. The lowest BCUT2D eigenvalue weighted by atomic mass is 10.0. The topological polar surface area (TPSA) is 58.2 Å². The van der Waals surface area contributed by atoms with Crippen LogP contribution in [0.2, 0.25) is 0 Å². The molecule has 0 unspecified atom stereocenters. The number of nitrogens with one attached hydrogen (secondary N) is 2. The van der Waals surface area contributed by atoms with Crippen LogP contribution in [0.25, 0.3) is 0 Å². The molecule has 2 N–H and O–H groups in total. The van der Waals surface area contributed by atoms with Crippen molar-refractivity contribution in [1.29, 1.82) is 0 Å². The molecule has 106 valence electrons. The van der Waals surface area contributed by atoms with E-state index < -0.39 is 0 Å². The summed E-state index contributed by atoms with van der Waals surface area (Å²) >= 11 is 1.48. The summed E-state index contributed by atoms with van der Waals surface area (Å²) in [6.07, 6.45) is 2.48. The highest BCUT2D eigenvalue weighted by atomic mass is 32.1. The van der Waals surface area contributed by atoms with Crippen LogP contribution in [0.5, 0.6) is 0 Å². The van der Waals surface area contributed by atoms with E-state index in [1.54, 1.807) is 11.4 Å². The number of amides is 2. The van der Waals surface area contributed by atoms with E-state index in [0.29, 0.717) is 24.4 Å². The fraction of sp³-hybridized carbons (Fsp3) is 0.571. The summed E-state index contributed by atoms with van der Waals surface area (Å²) < 4.78 is 0. The number of hydrogen-bond donors (Lipinski definition) is 2. The molecule has 0 aromatic carbocycles. The Kier molecular flexibility index (Phi) is 7.18. The molecule has 1 aromatic heterocycles. The van der Waals surface area contributed by atoms with Crippen LogP contribution in [0.3, 0.4) is 0 Å². The van der Waals surface area contributed by atoms with E-state index in [0.717, 1.165) is 19.4 Å². The standard InChI is InChI=1S/C14H22N2O2S/c1-3-11(4-2)9-16-13(17)5-7-15-14(18)12-6-8-19-10-12/h6,8,10-11H,3-5,7,9H2,1-2H3,(H,15,18)(H,16,17). The zero-order valence-electron chi connectivity index (χ0n) is 11.6. The maximum Gasteiger partial charge on any atom is 0.252 e. The second kappa shape index (κ2) is 8.69. The van der Waals surface area contributed by atoms with E-state index in [1.165, 1.54) is 11.3 Å². The molecule has 0 fully saturated rings. The molecule has 0 aliphatic carbocycles. The average molecular weight is 282 g/mol. The van der Waals surface area contributed by atoms with Crippen molar-refractivity contribution in [2.45, 2.75) is 33.1 Å². The van der Waals surface area contributed by atoms with Gasteiger partial charge >= 0.3 is 0 Å². The molecule has 19 heavy (non-hydrogen) atoms. The molecular weight excluding hydrogens is 260 g/mol. The van der Waals surface area contributed by atoms with Gasteiger partial charge < -0.3 is 10.6 Å². The van der Waals surface area contributed by atoms with Crippen molar-refractivity contribution in [1.82, 2.24) is 10.6 Å². The van der Waals surface area contributed by atoms with Crippen molar-refractivity contribution in [2.75, 3.05) is 13.1 Å². The molecule has 1 heterocycles. The molecule has 2 amide bonds. The predicted molar refractivity (Wildman–Crippen MR) is 78.4 cm³/mol. The third-order valence-electron chi connectivity index (χ3n) is 3.16. The molecule has 0 spiro atoms. The summed E-state index contributed by atoms with van der Waals surface area (Å²) in [4.78, 5) is 23.2. The van der Waals surface area contributed by atoms with Crippen LogP contribution in [-0.4, -0.2) is 24.9 Å². The fourth-order valence-corrected chi connectivity index (χ4v) is 2.35. The van der Waals surface area contributed by atoms with Crippen LogP contribution in [-0.2, 0) is 4.79 Å². The first kappa shape index (κ1) is 15.7. The van der Waals surface area contributed by atoms with E-state index in [2.05, 4.69) is 24.5 Å². The zero-order valence-corrected chi connectivity index (χ0v) is 12.4. The van der Waals surface area contributed by atoms with Gasteiger partial charge in [0.25, 0.3) is 5.91 Å². The maximum absolute atomic E-state index is 11.6. The molecule has 0 aliphatic rings. The van der Waals surface area contributed by atoms with Crippen LogP contribution < -0.4 is 10.6 Å². The molecule has 5 heteroatoms. The number of hydrogen-bond acceptors (Lipinski definition) is 3. The van der Waals surface area contributed by atoms with E-state index in [1.807, 2.05) is 5.38 Å². The second-order valence-corrected chi connectivity index (χ2v) is 5.28. The van der Waals surface area contributed by atoms with E-state index in [4.69, 9.17) is 0 Å². The van der Waals surface area contributed by atoms with Gasteiger partial charge in [0.15, 0.2) is 0 Å². The van der Waals surface area contributed by atoms with Gasteiger partial charge in [-0.1, -0.05) is 26.7 Å². The molecule has 1 aromatic rings. The molecule has 0 saturated carbocycles. The smallest absolute Gasteiger partial charge is 0.252 e. The van der Waals surface area contributed by atoms with Crippen molar-refractivity contribution in [2.24, 2.45) is 5.92 Å². The van der Waals surface area contributed by atoms with Crippen LogP contribution in [0.15, 0.2) is 16.8 Å². The quantitative estimate of drug-likeness (QED) is 0.769. The van der Waals surface area contributed by atoms with Gasteiger partial charge in [0, 0.05) is 30.5 Å². The summed E-state index contributed by atoms with van der Waals surface area (Å²) in [6, 6.07) is 1.77. The third kappa shape index (κ3) is 5.87. The SMILES string of the molecule is CCC(CC)CNC(=O)CCNC(=O)c1ccsc1. The molecule has 1 rings (SSSR count). The lowest BCUT2D eigenvalue weighted by Crippen LogP contribution is -2.33. The van der Waals surface area contributed by atoms with E-state index in [9.17, 15) is 9.59 Å². The maximum atomic E-state index is 11.6. The highest BCUT2D eigenvalue weighted by Crippen LogP contribution is 2.06. The summed E-state index contributed by atoms with van der Waals surface area (Å²) in [5.41, 5.74) is 0.655. The Balaban J connectivity index is 2.15. The Morgan fingerprint density at radius 3 is 2.58 bits per heavy atom. The zero-order chi connectivity index (χ0) is 14.1. The summed E-state index contributed by atoms with van der Waals surface area (Å²) in [7, 11) is 0. The first-order valence-electron chi connectivity index (χ1n) is 6.74. The lowest BCUT2D eigenvalue weighted by Gasteiger charge is -2.13. The predicted octanol–water partition coefficient (Wildman–Crippen LogP) is 2.42. The first-order chi connectivity index (χ1) is 9.17. The van der Waals surface area contributed by atoms with Crippen molar-refractivity contribution < 1.29 is 9.59 Å². The molecule has 0 saturated heterocycles. The Morgan fingerprint density at radius 2 is 2.00 bits per heavy atom. The second-order valence-electron chi connectivity index (χ2n) is 4.50. The minimum absolute atomic E-state index is 0.00230. The van der Waals surface area contributed by atoms with Gasteiger partial charge in [0.2, 0.25) is 5.91 Å². The molecule has 0 aliphatic heterocycles. The highest BCUT2D eigenvalue weighted by Gasteiger charge is 2.08. The van der Waals surface area contributed by atoms with Crippen LogP contribution in [0.4, 0.5) is 0 Å². The number of rotatable bonds is 8. The molecule has 4 nitrogen and oxygen atoms in total. The number of carbonyl (C=O) groups excluding carboxylic acids is 2. The van der Waals surface area contributed by atoms with Gasteiger partial charge in [-0.05, 0) is 17.4 Å². The van der Waals surface area contributed by atoms with Crippen LogP contribution in [0, 0.1) is 5.92 Å². The molecule has 0 bridgehead atoms. The van der Waals surface area contributed by atoms with Crippen molar-refractivity contribution in [3.05, 3.63) is 22.4 Å². The molecule has 0 atom stereocenters. The van der Waals surface area contributed by atoms with Crippen LogP contribution >= 0.6 is 11.3 Å². The largest absolute Gasteiger partial charge is 0.356 e. The fourth-order valence-electron chi connectivity index (χ4n) is 1.71. The average Bonchev–Trinajstić information content (AvgIpc) is 2.93. The summed E-state index contributed by atoms with van der Waals surface area (Å²) in [6.45, 7) is 5.36. The summed E-state index contributed by atoms with van der Waals surface area (Å²) in [5.74, 6) is 0.427. The Hall–Kier alpha value is -1.36. The lowest BCUT2D eigenvalue weighted by molar-refractivity contribution is -0.121. The number of thiophene rings is 1. The van der Waals surface area contributed by atoms with Gasteiger partial charge in [-0.15, -0.1) is 0 Å². The van der Waals surface area contributed by atoms with Crippen molar-refractivity contribution >= 4 is 23.2 Å². The van der Waals surface area contributed by atoms with Gasteiger partial charge in [0.1, 0.15) is 0 Å². The molecule has 0 radical (unpaired) electrons. The van der Waals surface area contributed by atoms with Crippen molar-refractivity contribution in [3.8, 4) is 0 Å². The van der Waals surface area contributed by atoms with Gasteiger partial charge in [-0.25, -0.2) is 0 Å². The van der Waals surface area contributed by atoms with Crippen LogP contribution in [0.1, 0.15) is 43.5 Å².